The van der Waals surface area contributed by atoms with E-state index in [2.05, 4.69) is 6.58 Å². The highest BCUT2D eigenvalue weighted by Crippen LogP contribution is 2.11. The van der Waals surface area contributed by atoms with Crippen LogP contribution in [0.1, 0.15) is 13.8 Å². The van der Waals surface area contributed by atoms with Gasteiger partial charge in [-0.2, -0.15) is 0 Å². The Morgan fingerprint density at radius 3 is 2.33 bits per heavy atom. The number of hydrogen-bond donors (Lipinski definition) is 0. The van der Waals surface area contributed by atoms with E-state index in [1.807, 2.05) is 13.8 Å². The van der Waals surface area contributed by atoms with E-state index in [-0.39, 0.29) is 0 Å². The summed E-state index contributed by atoms with van der Waals surface area (Å²) in [6.07, 6.45) is 1.37. The lowest BCUT2D eigenvalue weighted by Crippen LogP contribution is -1.93. The first kappa shape index (κ1) is 8.57. The van der Waals surface area contributed by atoms with E-state index in [1.165, 1.54) is 11.8 Å². The minimum atomic E-state index is 0.320. The second kappa shape index (κ2) is 4.45. The molecule has 0 heterocycles. The fraction of sp³-hybridized carbons (Fsp3) is 0.429. The molecule has 0 bridgehead atoms. The van der Waals surface area contributed by atoms with Gasteiger partial charge in [-0.05, 0) is 0 Å². The molecule has 9 heavy (non-hydrogen) atoms. The molecular formula is C7H11ClO. The first-order valence-electron chi connectivity index (χ1n) is 2.80. The van der Waals surface area contributed by atoms with Crippen molar-refractivity contribution in [3.05, 3.63) is 24.1 Å². The van der Waals surface area contributed by atoms with Crippen molar-refractivity contribution in [1.29, 1.82) is 0 Å². The second-order valence-electron chi connectivity index (χ2n) is 1.95. The van der Waals surface area contributed by atoms with Gasteiger partial charge in [-0.25, -0.2) is 0 Å². The van der Waals surface area contributed by atoms with Crippen molar-refractivity contribution in [1.82, 2.24) is 0 Å². The molecule has 0 aliphatic carbocycles. The van der Waals surface area contributed by atoms with Gasteiger partial charge in [-0.15, -0.1) is 0 Å². The summed E-state index contributed by atoms with van der Waals surface area (Å²) in [5.74, 6) is 1.06. The van der Waals surface area contributed by atoms with E-state index in [1.54, 1.807) is 0 Å². The molecule has 0 spiro atoms. The van der Waals surface area contributed by atoms with E-state index in [0.717, 1.165) is 5.76 Å². The van der Waals surface area contributed by atoms with Gasteiger partial charge in [0.1, 0.15) is 5.76 Å². The Morgan fingerprint density at radius 2 is 2.22 bits per heavy atom. The Kier molecular flexibility index (Phi) is 4.24. The van der Waals surface area contributed by atoms with Crippen LogP contribution in [0.25, 0.3) is 0 Å². The molecular weight excluding hydrogens is 136 g/mol. The summed E-state index contributed by atoms with van der Waals surface area (Å²) in [6.45, 7) is 7.40. The average molecular weight is 147 g/mol. The number of rotatable bonds is 3. The van der Waals surface area contributed by atoms with E-state index in [9.17, 15) is 0 Å². The summed E-state index contributed by atoms with van der Waals surface area (Å²) in [6, 6.07) is 0. The van der Waals surface area contributed by atoms with E-state index >= 15 is 0 Å². The monoisotopic (exact) mass is 146 g/mol. The molecule has 0 atom stereocenters. The Morgan fingerprint density at radius 1 is 1.67 bits per heavy atom. The van der Waals surface area contributed by atoms with Crippen molar-refractivity contribution in [2.75, 3.05) is 0 Å². The molecule has 0 aliphatic rings. The maximum atomic E-state index is 5.41. The molecule has 0 rings (SSSR count). The van der Waals surface area contributed by atoms with Crippen LogP contribution in [0, 0.1) is 5.92 Å². The summed E-state index contributed by atoms with van der Waals surface area (Å²) >= 11 is 5.41. The lowest BCUT2D eigenvalue weighted by molar-refractivity contribution is 0.307. The molecule has 0 fully saturated rings. The molecule has 2 heteroatoms. The van der Waals surface area contributed by atoms with E-state index in [0.29, 0.717) is 5.92 Å². The van der Waals surface area contributed by atoms with Crippen LogP contribution in [0.3, 0.4) is 0 Å². The number of halogens is 1. The minimum Gasteiger partial charge on any atom is -0.469 e. The summed E-state index contributed by atoms with van der Waals surface area (Å²) in [5, 5.41) is 0. The molecule has 52 valence electrons. The summed E-state index contributed by atoms with van der Waals surface area (Å²) in [4.78, 5) is 0. The summed E-state index contributed by atoms with van der Waals surface area (Å²) in [7, 11) is 0. The van der Waals surface area contributed by atoms with Crippen LogP contribution in [0.4, 0.5) is 0 Å². The lowest BCUT2D eigenvalue weighted by atomic mass is 10.2. The Hall–Kier alpha value is -0.430. The average Bonchev–Trinajstić information content (AvgIpc) is 1.82. The third kappa shape index (κ3) is 3.20. The second-order valence-corrected chi connectivity index (χ2v) is 2.17. The Labute approximate surface area is 61.0 Å². The van der Waals surface area contributed by atoms with Crippen molar-refractivity contribution in [2.45, 2.75) is 13.8 Å². The van der Waals surface area contributed by atoms with Crippen molar-refractivity contribution in [3.8, 4) is 0 Å². The molecule has 0 radical (unpaired) electrons. The smallest absolute Gasteiger partial charge is 0.117 e. The van der Waals surface area contributed by atoms with Crippen molar-refractivity contribution < 1.29 is 4.74 Å². The standard InChI is InChI=1S/C7H11ClO/c1-4-9-7(5-8)6(2)3/h4-6H,1H2,2-3H3. The molecule has 0 aliphatic heterocycles. The maximum absolute atomic E-state index is 5.41. The fourth-order valence-corrected chi connectivity index (χ4v) is 0.687. The van der Waals surface area contributed by atoms with Crippen LogP contribution in [-0.4, -0.2) is 0 Å². The first-order chi connectivity index (χ1) is 4.22. The molecule has 0 aromatic rings. The number of ether oxygens (including phenoxy) is 1. The zero-order chi connectivity index (χ0) is 7.28. The number of hydrogen-bond acceptors (Lipinski definition) is 1. The maximum Gasteiger partial charge on any atom is 0.117 e. The zero-order valence-corrected chi connectivity index (χ0v) is 6.48. The molecule has 0 aromatic heterocycles. The van der Waals surface area contributed by atoms with E-state index in [4.69, 9.17) is 16.3 Å². The van der Waals surface area contributed by atoms with Gasteiger partial charge in [0.05, 0.1) is 6.26 Å². The van der Waals surface area contributed by atoms with Gasteiger partial charge in [-0.1, -0.05) is 32.0 Å². The predicted molar refractivity (Wildman–Crippen MR) is 40.1 cm³/mol. The highest BCUT2D eigenvalue weighted by Gasteiger charge is 2.00. The molecule has 0 saturated heterocycles. The van der Waals surface area contributed by atoms with Gasteiger partial charge in [0, 0.05) is 11.5 Å². The largest absolute Gasteiger partial charge is 0.469 e. The molecule has 0 saturated carbocycles. The molecule has 0 amide bonds. The number of allylic oxidation sites excluding steroid dienone is 1. The summed E-state index contributed by atoms with van der Waals surface area (Å²) < 4.78 is 4.95. The quantitative estimate of drug-likeness (QED) is 0.557. The fourth-order valence-electron chi connectivity index (χ4n) is 0.384. The molecule has 0 N–H and O–H groups in total. The summed E-state index contributed by atoms with van der Waals surface area (Å²) in [5.41, 5.74) is 1.42. The van der Waals surface area contributed by atoms with Crippen LogP contribution in [0.2, 0.25) is 0 Å². The molecule has 0 aromatic carbocycles. The molecule has 1 nitrogen and oxygen atoms in total. The van der Waals surface area contributed by atoms with Gasteiger partial charge in [0.15, 0.2) is 0 Å². The first-order valence-corrected chi connectivity index (χ1v) is 3.23. The Balaban J connectivity index is 3.84. The SMILES string of the molecule is C=COC(=CCl)C(C)C. The van der Waals surface area contributed by atoms with Crippen molar-refractivity contribution in [3.63, 3.8) is 0 Å². The van der Waals surface area contributed by atoms with Gasteiger partial charge >= 0.3 is 0 Å². The van der Waals surface area contributed by atoms with Gasteiger partial charge in [0.2, 0.25) is 0 Å². The van der Waals surface area contributed by atoms with Gasteiger partial charge < -0.3 is 4.74 Å². The van der Waals surface area contributed by atoms with Crippen LogP contribution in [-0.2, 0) is 4.74 Å². The zero-order valence-electron chi connectivity index (χ0n) is 5.73. The third-order valence-corrected chi connectivity index (χ3v) is 1.11. The van der Waals surface area contributed by atoms with Crippen LogP contribution >= 0.6 is 11.6 Å². The molecule has 0 unspecified atom stereocenters. The van der Waals surface area contributed by atoms with Gasteiger partial charge in [-0.3, -0.25) is 0 Å². The van der Waals surface area contributed by atoms with E-state index < -0.39 is 0 Å². The predicted octanol–water partition coefficient (Wildman–Crippen LogP) is 2.88. The lowest BCUT2D eigenvalue weighted by Gasteiger charge is -2.06. The highest BCUT2D eigenvalue weighted by atomic mass is 35.5. The normalized spacial score (nSPS) is 11.8. The Bertz CT molecular complexity index is 116. The third-order valence-electron chi connectivity index (χ3n) is 0.896. The minimum absolute atomic E-state index is 0.320. The van der Waals surface area contributed by atoms with Crippen molar-refractivity contribution >= 4 is 11.6 Å². The van der Waals surface area contributed by atoms with Crippen LogP contribution < -0.4 is 0 Å². The van der Waals surface area contributed by atoms with Crippen LogP contribution in [0.5, 0.6) is 0 Å². The van der Waals surface area contributed by atoms with Crippen LogP contribution in [0.15, 0.2) is 24.1 Å². The van der Waals surface area contributed by atoms with Crippen molar-refractivity contribution in [2.24, 2.45) is 5.92 Å². The highest BCUT2D eigenvalue weighted by molar-refractivity contribution is 6.25. The van der Waals surface area contributed by atoms with Gasteiger partial charge in [0.25, 0.3) is 0 Å². The topological polar surface area (TPSA) is 9.23 Å².